The quantitative estimate of drug-likeness (QED) is 0.490. The Kier molecular flexibility index (Phi) is 5.97. The van der Waals surface area contributed by atoms with Crippen molar-refractivity contribution in [1.82, 2.24) is 14.9 Å². The zero-order valence-corrected chi connectivity index (χ0v) is 18.2. The van der Waals surface area contributed by atoms with Crippen molar-refractivity contribution in [3.63, 3.8) is 0 Å². The van der Waals surface area contributed by atoms with Gasteiger partial charge in [0.1, 0.15) is 17.1 Å². The summed E-state index contributed by atoms with van der Waals surface area (Å²) in [5.41, 5.74) is -6.82. The van der Waals surface area contributed by atoms with E-state index in [2.05, 4.69) is 0 Å². The van der Waals surface area contributed by atoms with E-state index in [4.69, 9.17) is 4.74 Å². The Morgan fingerprint density at radius 2 is 1.71 bits per heavy atom. The molecule has 0 aliphatic carbocycles. The third-order valence-corrected chi connectivity index (χ3v) is 5.69. The number of methoxy groups -OCH3 is 1. The third kappa shape index (κ3) is 3.96. The number of nitrogens with zero attached hydrogens (tertiary/aromatic N) is 1. The number of hydrogen-bond acceptors (Lipinski definition) is 5. The predicted octanol–water partition coefficient (Wildman–Crippen LogP) is 1.93. The molecule has 2 aromatic carbocycles. The number of benzene rings is 2. The average molecular weight is 488 g/mol. The molecule has 1 aliphatic rings. The maximum Gasteiger partial charge on any atom is 0.425 e. The summed E-state index contributed by atoms with van der Waals surface area (Å²) in [5.74, 6) is -3.68. The number of nitrogens with one attached hydrogen (secondary N) is 3. The van der Waals surface area contributed by atoms with E-state index in [0.717, 1.165) is 10.1 Å². The summed E-state index contributed by atoms with van der Waals surface area (Å²) in [6.45, 7) is -0.142. The van der Waals surface area contributed by atoms with Crippen LogP contribution in [0.25, 0.3) is 0 Å². The number of aromatic nitrogens is 2. The van der Waals surface area contributed by atoms with E-state index in [-0.39, 0.29) is 24.3 Å². The molecule has 182 valence electrons. The first-order chi connectivity index (χ1) is 16.6. The van der Waals surface area contributed by atoms with Crippen LogP contribution in [0.4, 0.5) is 19.0 Å². The van der Waals surface area contributed by atoms with Crippen molar-refractivity contribution in [3.05, 3.63) is 92.1 Å². The number of rotatable bonds is 6. The Morgan fingerprint density at radius 3 is 2.37 bits per heavy atom. The number of alkyl halides is 3. The minimum Gasteiger partial charge on any atom is -0.496 e. The summed E-state index contributed by atoms with van der Waals surface area (Å²) in [5, 5.41) is 3.70. The maximum absolute atomic E-state index is 14.5. The number of H-pyrrole nitrogens is 1. The molecule has 2 heterocycles. The van der Waals surface area contributed by atoms with Crippen LogP contribution in [-0.4, -0.2) is 34.7 Å². The highest BCUT2D eigenvalue weighted by atomic mass is 19.4. The van der Waals surface area contributed by atoms with Crippen molar-refractivity contribution in [1.29, 1.82) is 0 Å². The van der Waals surface area contributed by atoms with Crippen LogP contribution in [-0.2, 0) is 23.3 Å². The number of aromatic amines is 1. The summed E-state index contributed by atoms with van der Waals surface area (Å²) < 4.78 is 49.4. The van der Waals surface area contributed by atoms with Gasteiger partial charge in [-0.2, -0.15) is 13.2 Å². The van der Waals surface area contributed by atoms with E-state index < -0.39 is 46.2 Å². The molecule has 2 amide bonds. The summed E-state index contributed by atoms with van der Waals surface area (Å²) in [6, 6.07) is 14.2. The molecule has 0 saturated carbocycles. The summed E-state index contributed by atoms with van der Waals surface area (Å²) >= 11 is 0. The molecule has 35 heavy (non-hydrogen) atoms. The van der Waals surface area contributed by atoms with Gasteiger partial charge in [-0.3, -0.25) is 23.9 Å². The van der Waals surface area contributed by atoms with Crippen molar-refractivity contribution < 1.29 is 27.5 Å². The summed E-state index contributed by atoms with van der Waals surface area (Å²) in [6.07, 6.45) is -5.21. The van der Waals surface area contributed by atoms with Gasteiger partial charge in [-0.15, -0.1) is 0 Å². The molecule has 0 bridgehead atoms. The molecule has 0 fully saturated rings. The van der Waals surface area contributed by atoms with Gasteiger partial charge < -0.3 is 15.4 Å². The molecule has 12 heteroatoms. The van der Waals surface area contributed by atoms with Crippen molar-refractivity contribution >= 4 is 17.6 Å². The van der Waals surface area contributed by atoms with Crippen LogP contribution in [0.15, 0.2) is 64.2 Å². The number of aryl methyl sites for hydroxylation is 1. The lowest BCUT2D eigenvalue weighted by Crippen LogP contribution is -2.62. The molecule has 3 aromatic rings. The lowest BCUT2D eigenvalue weighted by atomic mass is 9.91. The first kappa shape index (κ1) is 23.8. The molecule has 0 spiro atoms. The molecular weight excluding hydrogens is 469 g/mol. The smallest absolute Gasteiger partial charge is 0.425 e. The monoisotopic (exact) mass is 488 g/mol. The topological polar surface area (TPSA) is 122 Å². The second-order valence-corrected chi connectivity index (χ2v) is 7.73. The fourth-order valence-corrected chi connectivity index (χ4v) is 3.99. The zero-order valence-electron chi connectivity index (χ0n) is 18.2. The van der Waals surface area contributed by atoms with Gasteiger partial charge in [-0.1, -0.05) is 42.5 Å². The van der Waals surface area contributed by atoms with Crippen LogP contribution in [0.3, 0.4) is 0 Å². The number of fused-ring (bicyclic) bond motifs is 1. The second-order valence-electron chi connectivity index (χ2n) is 7.73. The number of ether oxygens (including phenoxy) is 1. The number of halogens is 3. The first-order valence-corrected chi connectivity index (χ1v) is 10.4. The molecule has 0 unspecified atom stereocenters. The Bertz CT molecular complexity index is 1420. The molecule has 3 N–H and O–H groups in total. The highest BCUT2D eigenvalue weighted by molar-refractivity contribution is 6.09. The predicted molar refractivity (Wildman–Crippen MR) is 118 cm³/mol. The van der Waals surface area contributed by atoms with Crippen LogP contribution >= 0.6 is 0 Å². The summed E-state index contributed by atoms with van der Waals surface area (Å²) in [4.78, 5) is 52.8. The Labute approximate surface area is 195 Å². The normalized spacial score (nSPS) is 17.0. The van der Waals surface area contributed by atoms with Crippen LogP contribution in [0, 0.1) is 0 Å². The van der Waals surface area contributed by atoms with Gasteiger partial charge >= 0.3 is 11.9 Å². The van der Waals surface area contributed by atoms with Gasteiger partial charge in [0.05, 0.1) is 12.7 Å². The third-order valence-electron chi connectivity index (χ3n) is 5.69. The van der Waals surface area contributed by atoms with Crippen LogP contribution < -0.4 is 26.6 Å². The molecule has 9 nitrogen and oxygen atoms in total. The van der Waals surface area contributed by atoms with E-state index in [9.17, 15) is 32.3 Å². The van der Waals surface area contributed by atoms with Gasteiger partial charge in [0.2, 0.25) is 0 Å². The largest absolute Gasteiger partial charge is 0.496 e. The maximum atomic E-state index is 14.5. The van der Waals surface area contributed by atoms with Crippen molar-refractivity contribution in [2.75, 3.05) is 12.4 Å². The van der Waals surface area contributed by atoms with Gasteiger partial charge in [0, 0.05) is 6.54 Å². The molecule has 1 aromatic heterocycles. The van der Waals surface area contributed by atoms with E-state index >= 15 is 0 Å². The molecular formula is C23H19F3N4O5. The zero-order chi connectivity index (χ0) is 25.4. The molecule has 0 saturated heterocycles. The van der Waals surface area contributed by atoms with Crippen molar-refractivity contribution in [2.24, 2.45) is 0 Å². The minimum atomic E-state index is -5.44. The van der Waals surface area contributed by atoms with Crippen molar-refractivity contribution in [3.8, 4) is 5.75 Å². The Balaban J connectivity index is 1.84. The minimum absolute atomic E-state index is 0.0392. The molecule has 4 rings (SSSR count). The van der Waals surface area contributed by atoms with Crippen molar-refractivity contribution in [2.45, 2.75) is 24.7 Å². The number of carbonyl (C=O) groups is 2. The fraction of sp³-hybridized carbons (Fsp3) is 0.217. The lowest BCUT2D eigenvalue weighted by molar-refractivity contribution is -0.196. The first-order valence-electron chi connectivity index (χ1n) is 10.4. The number of anilines is 1. The van der Waals surface area contributed by atoms with Gasteiger partial charge in [0.15, 0.2) is 0 Å². The van der Waals surface area contributed by atoms with E-state index in [0.29, 0.717) is 0 Å². The Hall–Kier alpha value is -4.35. The number of hydrogen-bond donors (Lipinski definition) is 3. The summed E-state index contributed by atoms with van der Waals surface area (Å²) in [7, 11) is 1.22. The number of amides is 2. The lowest BCUT2D eigenvalue weighted by Gasteiger charge is -2.30. The number of para-hydroxylation sites is 1. The molecule has 1 atom stereocenters. The van der Waals surface area contributed by atoms with Gasteiger partial charge in [-0.25, -0.2) is 4.79 Å². The van der Waals surface area contributed by atoms with Crippen LogP contribution in [0.5, 0.6) is 5.75 Å². The Morgan fingerprint density at radius 1 is 1.06 bits per heavy atom. The van der Waals surface area contributed by atoms with Gasteiger partial charge in [-0.05, 0) is 24.1 Å². The van der Waals surface area contributed by atoms with E-state index in [1.807, 2.05) is 10.3 Å². The molecule has 1 aliphatic heterocycles. The average Bonchev–Trinajstić information content (AvgIpc) is 3.12. The fourth-order valence-electron chi connectivity index (χ4n) is 3.99. The highest BCUT2D eigenvalue weighted by Crippen LogP contribution is 2.45. The van der Waals surface area contributed by atoms with E-state index in [1.165, 1.54) is 31.4 Å². The van der Waals surface area contributed by atoms with E-state index in [1.54, 1.807) is 35.6 Å². The number of carbonyl (C=O) groups excluding carboxylic acids is 2. The van der Waals surface area contributed by atoms with Crippen LogP contribution in [0.1, 0.15) is 21.5 Å². The van der Waals surface area contributed by atoms with Crippen LogP contribution in [0.2, 0.25) is 0 Å². The standard InChI is InChI=1S/C23H19F3N4O5/c1-35-15-10-6-5-9-14(15)18(31)29-22(23(24,25)26)16-17(27-20(22)33)30(21(34)28-19(16)32)12-11-13-7-3-2-4-8-13/h2-10H,11-12H2,1H3,(H,27,33)(H,29,31)(H,28,32,34)/t22-/m1/s1. The highest BCUT2D eigenvalue weighted by Gasteiger charge is 2.68. The second kappa shape index (κ2) is 8.78. The molecule has 0 radical (unpaired) electrons. The van der Waals surface area contributed by atoms with Gasteiger partial charge in [0.25, 0.3) is 22.9 Å². The SMILES string of the molecule is COc1ccccc1C(=O)N[C@@]1(C(F)(F)F)C(=O)Nc2c1c(=O)[nH]c(=O)n2CCc1ccccc1.